The van der Waals surface area contributed by atoms with E-state index in [9.17, 15) is 9.18 Å². The minimum Gasteiger partial charge on any atom is -0.381 e. The number of nitrogens with zero attached hydrogens (tertiary/aromatic N) is 3. The number of ether oxygens (including phenoxy) is 1. The Morgan fingerprint density at radius 2 is 2.04 bits per heavy atom. The van der Waals surface area contributed by atoms with Gasteiger partial charge in [0.2, 0.25) is 6.41 Å². The van der Waals surface area contributed by atoms with Crippen LogP contribution in [-0.2, 0) is 15.2 Å². The number of piperidine rings is 1. The number of hydrogen-bond donors (Lipinski definition) is 1. The summed E-state index contributed by atoms with van der Waals surface area (Å²) in [7, 11) is 0. The van der Waals surface area contributed by atoms with E-state index in [4.69, 9.17) is 4.74 Å². The summed E-state index contributed by atoms with van der Waals surface area (Å²) in [6.45, 7) is 1.84. The average molecular weight is 350 g/mol. The summed E-state index contributed by atoms with van der Waals surface area (Å²) in [5, 5.41) is 0. The Hall–Kier alpha value is -2.09. The number of fused-ring (bicyclic) bond motifs is 1. The predicted octanol–water partition coefficient (Wildman–Crippen LogP) is 2.41. The molecule has 0 unspecified atom stereocenters. The molecule has 2 aliphatic rings. The van der Waals surface area contributed by atoms with Crippen LogP contribution in [0, 0.1) is 5.82 Å². The monoisotopic (exact) mass is 350 g/mol. The quantitative estimate of drug-likeness (QED) is 0.863. The van der Waals surface area contributed by atoms with Crippen molar-refractivity contribution in [1.29, 1.82) is 0 Å². The summed E-state index contributed by atoms with van der Waals surface area (Å²) < 4.78 is 35.5. The van der Waals surface area contributed by atoms with Crippen LogP contribution in [0.15, 0.2) is 6.20 Å². The Kier molecular flexibility index (Phi) is 4.15. The van der Waals surface area contributed by atoms with Gasteiger partial charge in [-0.1, -0.05) is 0 Å². The first-order valence-corrected chi connectivity index (χ1v) is 8.61. The number of imidazole rings is 1. The van der Waals surface area contributed by atoms with Crippen molar-refractivity contribution in [2.45, 2.75) is 37.3 Å². The molecule has 2 aromatic heterocycles. The largest absolute Gasteiger partial charge is 0.381 e. The van der Waals surface area contributed by atoms with Crippen LogP contribution in [-0.4, -0.2) is 52.6 Å². The maximum absolute atomic E-state index is 15.6. The van der Waals surface area contributed by atoms with Crippen molar-refractivity contribution in [3.63, 3.8) is 0 Å². The minimum atomic E-state index is -1.84. The molecule has 2 fully saturated rings. The van der Waals surface area contributed by atoms with Crippen LogP contribution in [0.2, 0.25) is 0 Å². The van der Waals surface area contributed by atoms with Crippen molar-refractivity contribution in [3.05, 3.63) is 23.4 Å². The number of alkyl halides is 1. The first-order chi connectivity index (χ1) is 12.1. The lowest BCUT2D eigenvalue weighted by Crippen LogP contribution is -2.40. The second-order valence-corrected chi connectivity index (χ2v) is 6.79. The molecule has 4 heterocycles. The van der Waals surface area contributed by atoms with Gasteiger partial charge in [0.25, 0.3) is 0 Å². The number of carbonyl (C=O) groups is 1. The second-order valence-electron chi connectivity index (χ2n) is 6.79. The number of nitrogens with one attached hydrogen (secondary N) is 1. The van der Waals surface area contributed by atoms with E-state index in [1.165, 1.54) is 4.90 Å². The van der Waals surface area contributed by atoms with Crippen molar-refractivity contribution in [2.24, 2.45) is 0 Å². The van der Waals surface area contributed by atoms with Gasteiger partial charge >= 0.3 is 0 Å². The highest BCUT2D eigenvalue weighted by molar-refractivity contribution is 5.76. The molecule has 0 bridgehead atoms. The summed E-state index contributed by atoms with van der Waals surface area (Å²) in [6.07, 6.45) is 3.52. The molecule has 8 heteroatoms. The Bertz CT molecular complexity index is 780. The first-order valence-electron chi connectivity index (χ1n) is 8.61. The van der Waals surface area contributed by atoms with E-state index in [1.54, 1.807) is 0 Å². The predicted molar refractivity (Wildman–Crippen MR) is 86.3 cm³/mol. The molecule has 1 amide bonds. The summed E-state index contributed by atoms with van der Waals surface area (Å²) in [4.78, 5) is 24.1. The molecule has 0 aromatic carbocycles. The number of likely N-dealkylation sites (tertiary alicyclic amines) is 1. The number of halogens is 2. The van der Waals surface area contributed by atoms with Crippen molar-refractivity contribution in [3.8, 4) is 0 Å². The molecule has 2 aromatic rings. The molecule has 6 nitrogen and oxygen atoms in total. The number of hydrogen-bond acceptors (Lipinski definition) is 4. The summed E-state index contributed by atoms with van der Waals surface area (Å²) in [6, 6.07) is 0. The van der Waals surface area contributed by atoms with Crippen molar-refractivity contribution in [2.75, 3.05) is 26.3 Å². The second kappa shape index (κ2) is 6.33. The zero-order valence-electron chi connectivity index (χ0n) is 13.8. The van der Waals surface area contributed by atoms with Gasteiger partial charge in [0.15, 0.2) is 5.65 Å². The molecule has 0 atom stereocenters. The van der Waals surface area contributed by atoms with Crippen LogP contribution >= 0.6 is 0 Å². The highest BCUT2D eigenvalue weighted by atomic mass is 19.1. The van der Waals surface area contributed by atoms with Gasteiger partial charge in [0, 0.05) is 45.1 Å². The van der Waals surface area contributed by atoms with Gasteiger partial charge in [-0.3, -0.25) is 4.79 Å². The number of H-pyrrole nitrogens is 1. The van der Waals surface area contributed by atoms with Crippen LogP contribution in [0.3, 0.4) is 0 Å². The Morgan fingerprint density at radius 3 is 2.72 bits per heavy atom. The molecule has 0 radical (unpaired) electrons. The van der Waals surface area contributed by atoms with Crippen LogP contribution in [0.4, 0.5) is 8.78 Å². The molecular formula is C17H20F2N4O2. The smallest absolute Gasteiger partial charge is 0.209 e. The summed E-state index contributed by atoms with van der Waals surface area (Å²) >= 11 is 0. The van der Waals surface area contributed by atoms with Crippen LogP contribution in [0.1, 0.15) is 43.0 Å². The zero-order valence-corrected chi connectivity index (χ0v) is 13.8. The molecule has 0 saturated carbocycles. The molecule has 134 valence electrons. The molecular weight excluding hydrogens is 330 g/mol. The number of amides is 1. The molecule has 25 heavy (non-hydrogen) atoms. The van der Waals surface area contributed by atoms with Crippen molar-refractivity contribution in [1.82, 2.24) is 19.9 Å². The third-order valence-electron chi connectivity index (χ3n) is 5.28. The van der Waals surface area contributed by atoms with E-state index in [0.717, 1.165) is 19.0 Å². The normalized spacial score (nSPS) is 21.6. The zero-order chi connectivity index (χ0) is 17.4. The average Bonchev–Trinajstić information content (AvgIpc) is 3.07. The van der Waals surface area contributed by atoms with E-state index in [1.807, 2.05) is 0 Å². The standard InChI is InChI=1S/C17H20F2N4O2/c18-12-9-20-16-14(21-15(22-16)11-1-7-25-8-2-11)13(12)17(19)3-5-23(10-24)6-4-17/h9-11H,1-8H2,(H,20,21,22). The van der Waals surface area contributed by atoms with Crippen LogP contribution < -0.4 is 0 Å². The number of aromatic nitrogens is 3. The van der Waals surface area contributed by atoms with Gasteiger partial charge in [0.1, 0.15) is 22.8 Å². The maximum Gasteiger partial charge on any atom is 0.209 e. The van der Waals surface area contributed by atoms with E-state index < -0.39 is 11.5 Å². The van der Waals surface area contributed by atoms with E-state index >= 15 is 4.39 Å². The third kappa shape index (κ3) is 2.88. The van der Waals surface area contributed by atoms with Crippen molar-refractivity contribution < 1.29 is 18.3 Å². The SMILES string of the molecule is O=CN1CCC(F)(c2c(F)cnc3[nH]c(C4CCOCC4)nc23)CC1. The van der Waals surface area contributed by atoms with Gasteiger partial charge in [-0.15, -0.1) is 0 Å². The fourth-order valence-corrected chi connectivity index (χ4v) is 3.77. The summed E-state index contributed by atoms with van der Waals surface area (Å²) in [5.41, 5.74) is -1.19. The molecule has 1 N–H and O–H groups in total. The number of aromatic amines is 1. The van der Waals surface area contributed by atoms with E-state index in [0.29, 0.717) is 31.1 Å². The lowest BCUT2D eigenvalue weighted by molar-refractivity contribution is -0.120. The van der Waals surface area contributed by atoms with Gasteiger partial charge in [-0.05, 0) is 12.8 Å². The Labute approximate surface area is 143 Å². The lowest BCUT2D eigenvalue weighted by Gasteiger charge is -2.34. The lowest BCUT2D eigenvalue weighted by atomic mass is 9.86. The minimum absolute atomic E-state index is 0.0300. The van der Waals surface area contributed by atoms with Gasteiger partial charge in [-0.2, -0.15) is 0 Å². The number of pyridine rings is 1. The molecule has 2 saturated heterocycles. The van der Waals surface area contributed by atoms with E-state index in [2.05, 4.69) is 15.0 Å². The topological polar surface area (TPSA) is 71.1 Å². The maximum atomic E-state index is 15.6. The van der Waals surface area contributed by atoms with Crippen LogP contribution in [0.25, 0.3) is 11.2 Å². The van der Waals surface area contributed by atoms with Crippen molar-refractivity contribution >= 4 is 17.6 Å². The Balaban J connectivity index is 1.73. The highest BCUT2D eigenvalue weighted by Gasteiger charge is 2.41. The fourth-order valence-electron chi connectivity index (χ4n) is 3.77. The molecule has 2 aliphatic heterocycles. The van der Waals surface area contributed by atoms with Gasteiger partial charge in [0.05, 0.1) is 11.8 Å². The van der Waals surface area contributed by atoms with Crippen LogP contribution in [0.5, 0.6) is 0 Å². The Morgan fingerprint density at radius 1 is 1.32 bits per heavy atom. The number of carbonyl (C=O) groups excluding carboxylic acids is 1. The molecule has 0 spiro atoms. The van der Waals surface area contributed by atoms with Gasteiger partial charge < -0.3 is 14.6 Å². The highest BCUT2D eigenvalue weighted by Crippen LogP contribution is 2.41. The fraction of sp³-hybridized carbons (Fsp3) is 0.588. The first kappa shape index (κ1) is 16.4. The number of rotatable bonds is 3. The third-order valence-corrected chi connectivity index (χ3v) is 5.28. The molecule has 0 aliphatic carbocycles. The summed E-state index contributed by atoms with van der Waals surface area (Å²) in [5.74, 6) is 0.220. The van der Waals surface area contributed by atoms with E-state index in [-0.39, 0.29) is 42.9 Å². The van der Waals surface area contributed by atoms with Gasteiger partial charge in [-0.25, -0.2) is 18.7 Å². The molecule has 4 rings (SSSR count).